The zero-order valence-corrected chi connectivity index (χ0v) is 9.86. The van der Waals surface area contributed by atoms with Crippen LogP contribution in [-0.4, -0.2) is 42.1 Å². The van der Waals surface area contributed by atoms with Gasteiger partial charge < -0.3 is 10.6 Å². The summed E-state index contributed by atoms with van der Waals surface area (Å²) in [6.45, 7) is 10.1. The molecule has 1 saturated heterocycles. The summed E-state index contributed by atoms with van der Waals surface area (Å²) in [4.78, 5) is 2.49. The number of hydrogen-bond acceptors (Lipinski definition) is 3. The average Bonchev–Trinajstić information content (AvgIpc) is 2.04. The van der Waals surface area contributed by atoms with Gasteiger partial charge in [0.15, 0.2) is 0 Å². The molecule has 78 valence electrons. The van der Waals surface area contributed by atoms with Crippen molar-refractivity contribution in [3.8, 4) is 0 Å². The highest BCUT2D eigenvalue weighted by molar-refractivity contribution is 7.99. The van der Waals surface area contributed by atoms with Crippen LogP contribution in [0.25, 0.3) is 0 Å². The fourth-order valence-electron chi connectivity index (χ4n) is 1.34. The predicted molar refractivity (Wildman–Crippen MR) is 61.2 cm³/mol. The summed E-state index contributed by atoms with van der Waals surface area (Å²) in [7, 11) is 0. The first-order chi connectivity index (χ1) is 6.00. The van der Waals surface area contributed by atoms with Crippen molar-refractivity contribution >= 4 is 11.8 Å². The van der Waals surface area contributed by atoms with Gasteiger partial charge in [-0.2, -0.15) is 11.8 Å². The van der Waals surface area contributed by atoms with Crippen LogP contribution in [0.3, 0.4) is 0 Å². The van der Waals surface area contributed by atoms with E-state index in [0.29, 0.717) is 6.04 Å². The van der Waals surface area contributed by atoms with Gasteiger partial charge in [0, 0.05) is 37.2 Å². The number of nitrogens with two attached hydrogens (primary N) is 1. The fraction of sp³-hybridized carbons (Fsp3) is 1.00. The van der Waals surface area contributed by atoms with Gasteiger partial charge in [-0.25, -0.2) is 0 Å². The van der Waals surface area contributed by atoms with Gasteiger partial charge in [-0.05, 0) is 5.41 Å². The molecule has 0 radical (unpaired) electrons. The van der Waals surface area contributed by atoms with Crippen LogP contribution in [0.2, 0.25) is 0 Å². The lowest BCUT2D eigenvalue weighted by atomic mass is 9.87. The maximum atomic E-state index is 6.13. The molecule has 2 nitrogen and oxygen atoms in total. The molecule has 0 aromatic heterocycles. The van der Waals surface area contributed by atoms with Crippen LogP contribution in [-0.2, 0) is 0 Å². The molecule has 0 saturated carbocycles. The van der Waals surface area contributed by atoms with E-state index in [1.807, 2.05) is 0 Å². The maximum absolute atomic E-state index is 6.13. The van der Waals surface area contributed by atoms with Crippen molar-refractivity contribution in [1.29, 1.82) is 0 Å². The fourth-order valence-corrected chi connectivity index (χ4v) is 2.31. The molecule has 1 aliphatic heterocycles. The van der Waals surface area contributed by atoms with Crippen LogP contribution in [0.4, 0.5) is 0 Å². The zero-order chi connectivity index (χ0) is 9.90. The zero-order valence-electron chi connectivity index (χ0n) is 9.05. The van der Waals surface area contributed by atoms with Gasteiger partial charge in [-0.15, -0.1) is 0 Å². The Kier molecular flexibility index (Phi) is 4.07. The molecule has 1 atom stereocenters. The molecule has 0 aromatic rings. The molecular formula is C10H22N2S. The van der Waals surface area contributed by atoms with Gasteiger partial charge in [0.05, 0.1) is 0 Å². The summed E-state index contributed by atoms with van der Waals surface area (Å²) in [6, 6.07) is 0.301. The topological polar surface area (TPSA) is 29.3 Å². The molecule has 0 bridgehead atoms. The Hall–Kier alpha value is 0.270. The third-order valence-electron chi connectivity index (χ3n) is 2.67. The van der Waals surface area contributed by atoms with E-state index in [4.69, 9.17) is 5.73 Å². The summed E-state index contributed by atoms with van der Waals surface area (Å²) < 4.78 is 0. The predicted octanol–water partition coefficient (Wildman–Crippen LogP) is 1.41. The van der Waals surface area contributed by atoms with Gasteiger partial charge in [0.2, 0.25) is 0 Å². The second-order valence-corrected chi connectivity index (χ2v) is 6.11. The number of thioether (sulfide) groups is 1. The second-order valence-electron chi connectivity index (χ2n) is 4.89. The summed E-state index contributed by atoms with van der Waals surface area (Å²) in [6.07, 6.45) is 0. The largest absolute Gasteiger partial charge is 0.326 e. The molecule has 0 unspecified atom stereocenters. The van der Waals surface area contributed by atoms with E-state index in [1.54, 1.807) is 0 Å². The smallest absolute Gasteiger partial charge is 0.0217 e. The number of hydrogen-bond donors (Lipinski definition) is 1. The minimum absolute atomic E-state index is 0.241. The minimum Gasteiger partial charge on any atom is -0.326 e. The van der Waals surface area contributed by atoms with Crippen LogP contribution in [0.1, 0.15) is 20.8 Å². The molecule has 1 fully saturated rings. The second kappa shape index (κ2) is 4.67. The summed E-state index contributed by atoms with van der Waals surface area (Å²) in [5.41, 5.74) is 6.37. The third-order valence-corrected chi connectivity index (χ3v) is 3.61. The van der Waals surface area contributed by atoms with Gasteiger partial charge in [-0.3, -0.25) is 0 Å². The molecule has 1 aliphatic rings. The van der Waals surface area contributed by atoms with Crippen molar-refractivity contribution in [3.05, 3.63) is 0 Å². The van der Waals surface area contributed by atoms with Crippen molar-refractivity contribution < 1.29 is 0 Å². The Morgan fingerprint density at radius 3 is 2.31 bits per heavy atom. The first-order valence-electron chi connectivity index (χ1n) is 5.06. The molecule has 2 N–H and O–H groups in total. The molecule has 0 amide bonds. The number of nitrogens with zero attached hydrogens (tertiary/aromatic N) is 1. The van der Waals surface area contributed by atoms with E-state index in [-0.39, 0.29) is 5.41 Å². The Labute approximate surface area is 86.2 Å². The van der Waals surface area contributed by atoms with Gasteiger partial charge >= 0.3 is 0 Å². The Balaban J connectivity index is 2.30. The molecule has 0 aromatic carbocycles. The lowest BCUT2D eigenvalue weighted by Crippen LogP contribution is -2.47. The summed E-state index contributed by atoms with van der Waals surface area (Å²) >= 11 is 2.05. The average molecular weight is 202 g/mol. The van der Waals surface area contributed by atoms with Crippen molar-refractivity contribution in [1.82, 2.24) is 4.90 Å². The minimum atomic E-state index is 0.241. The van der Waals surface area contributed by atoms with Gasteiger partial charge in [0.1, 0.15) is 0 Å². The summed E-state index contributed by atoms with van der Waals surface area (Å²) in [5.74, 6) is 2.55. The first-order valence-corrected chi connectivity index (χ1v) is 6.21. The van der Waals surface area contributed by atoms with Gasteiger partial charge in [0.25, 0.3) is 0 Å². The van der Waals surface area contributed by atoms with Crippen LogP contribution in [0.5, 0.6) is 0 Å². The van der Waals surface area contributed by atoms with Gasteiger partial charge in [-0.1, -0.05) is 20.8 Å². The van der Waals surface area contributed by atoms with E-state index in [9.17, 15) is 0 Å². The van der Waals surface area contributed by atoms with Crippen LogP contribution in [0, 0.1) is 5.41 Å². The van der Waals surface area contributed by atoms with Crippen LogP contribution < -0.4 is 5.73 Å². The van der Waals surface area contributed by atoms with Crippen molar-refractivity contribution in [2.45, 2.75) is 26.8 Å². The Morgan fingerprint density at radius 2 is 1.85 bits per heavy atom. The Morgan fingerprint density at radius 1 is 1.31 bits per heavy atom. The molecule has 1 rings (SSSR count). The highest BCUT2D eigenvalue weighted by Crippen LogP contribution is 2.19. The standard InChI is InChI=1S/C10H22N2S/c1-10(2,3)9(11)8-12-4-6-13-7-5-12/h9H,4-8,11H2,1-3H3/t9-/m0/s1. The van der Waals surface area contributed by atoms with E-state index >= 15 is 0 Å². The number of rotatable bonds is 2. The van der Waals surface area contributed by atoms with Crippen molar-refractivity contribution in [2.75, 3.05) is 31.1 Å². The quantitative estimate of drug-likeness (QED) is 0.734. The van der Waals surface area contributed by atoms with Crippen LogP contribution in [0.15, 0.2) is 0 Å². The third kappa shape index (κ3) is 3.88. The lowest BCUT2D eigenvalue weighted by molar-refractivity contribution is 0.212. The molecule has 1 heterocycles. The lowest BCUT2D eigenvalue weighted by Gasteiger charge is -2.34. The molecule has 0 aliphatic carbocycles. The molecule has 0 spiro atoms. The van der Waals surface area contributed by atoms with E-state index in [2.05, 4.69) is 37.4 Å². The molecule has 13 heavy (non-hydrogen) atoms. The monoisotopic (exact) mass is 202 g/mol. The molecule has 3 heteroatoms. The molecular weight excluding hydrogens is 180 g/mol. The Bertz CT molecular complexity index is 147. The normalized spacial score (nSPS) is 23.1. The van der Waals surface area contributed by atoms with E-state index in [1.165, 1.54) is 24.6 Å². The highest BCUT2D eigenvalue weighted by Gasteiger charge is 2.23. The maximum Gasteiger partial charge on any atom is 0.0217 e. The highest BCUT2D eigenvalue weighted by atomic mass is 32.2. The van der Waals surface area contributed by atoms with Crippen LogP contribution >= 0.6 is 11.8 Å². The summed E-state index contributed by atoms with van der Waals surface area (Å²) in [5, 5.41) is 0. The van der Waals surface area contributed by atoms with Crippen molar-refractivity contribution in [2.24, 2.45) is 11.1 Å². The SMILES string of the molecule is CC(C)(C)[C@@H](N)CN1CCSCC1. The van der Waals surface area contributed by atoms with E-state index in [0.717, 1.165) is 6.54 Å². The van der Waals surface area contributed by atoms with Crippen molar-refractivity contribution in [3.63, 3.8) is 0 Å². The first kappa shape index (κ1) is 11.3. The van der Waals surface area contributed by atoms with E-state index < -0.39 is 0 Å².